The standard InChI is InChI=1S/C16H10ClN2O2S/c1-10-12(11-8-15(17)22-9-11)5-6-14(19(20)21)16(10)13-4-2-3-7-18-13/h2-9H,1H2. The largest absolute Gasteiger partial charge is 0.279 e. The molecule has 0 saturated heterocycles. The number of thiophene rings is 1. The van der Waals surface area contributed by atoms with Crippen LogP contribution >= 0.6 is 22.9 Å². The molecule has 0 bridgehead atoms. The third kappa shape index (κ3) is 2.61. The van der Waals surface area contributed by atoms with Crippen molar-refractivity contribution in [1.82, 2.24) is 4.98 Å². The molecule has 2 heterocycles. The third-order valence-corrected chi connectivity index (χ3v) is 4.38. The van der Waals surface area contributed by atoms with Gasteiger partial charge in [-0.1, -0.05) is 17.7 Å². The molecule has 0 fully saturated rings. The van der Waals surface area contributed by atoms with E-state index in [0.717, 1.165) is 11.1 Å². The Balaban J connectivity index is 2.27. The van der Waals surface area contributed by atoms with Gasteiger partial charge in [0.25, 0.3) is 5.69 Å². The van der Waals surface area contributed by atoms with Crippen LogP contribution in [0.25, 0.3) is 22.4 Å². The van der Waals surface area contributed by atoms with E-state index in [2.05, 4.69) is 11.9 Å². The molecule has 1 aromatic carbocycles. The lowest BCUT2D eigenvalue weighted by atomic mass is 9.94. The van der Waals surface area contributed by atoms with Gasteiger partial charge in [0.1, 0.15) is 0 Å². The van der Waals surface area contributed by atoms with Gasteiger partial charge in [0, 0.05) is 17.6 Å². The Labute approximate surface area is 136 Å². The second-order valence-electron chi connectivity index (χ2n) is 4.60. The van der Waals surface area contributed by atoms with Crippen LogP contribution in [0.5, 0.6) is 0 Å². The number of hydrogen-bond donors (Lipinski definition) is 0. The van der Waals surface area contributed by atoms with Gasteiger partial charge < -0.3 is 0 Å². The lowest BCUT2D eigenvalue weighted by Gasteiger charge is -2.10. The fraction of sp³-hybridized carbons (Fsp3) is 0. The smallest absolute Gasteiger partial charge is 0.258 e. The first-order valence-electron chi connectivity index (χ1n) is 6.37. The molecule has 2 aromatic heterocycles. The quantitative estimate of drug-likeness (QED) is 0.489. The normalized spacial score (nSPS) is 10.6. The van der Waals surface area contributed by atoms with Crippen molar-refractivity contribution < 1.29 is 4.92 Å². The maximum atomic E-state index is 11.3. The molecule has 0 aliphatic carbocycles. The summed E-state index contributed by atoms with van der Waals surface area (Å²) in [5, 5.41) is 13.2. The number of aromatic nitrogens is 1. The van der Waals surface area contributed by atoms with Crippen molar-refractivity contribution in [3.05, 3.63) is 74.9 Å². The topological polar surface area (TPSA) is 56.0 Å². The van der Waals surface area contributed by atoms with Crippen molar-refractivity contribution in [1.29, 1.82) is 0 Å². The number of rotatable bonds is 3. The third-order valence-electron chi connectivity index (χ3n) is 3.29. The molecule has 6 heteroatoms. The Morgan fingerprint density at radius 1 is 1.27 bits per heavy atom. The molecule has 0 aliphatic rings. The van der Waals surface area contributed by atoms with Gasteiger partial charge in [-0.3, -0.25) is 15.1 Å². The Morgan fingerprint density at radius 3 is 2.68 bits per heavy atom. The molecule has 0 amide bonds. The molecule has 0 aliphatic heterocycles. The number of halogens is 1. The average molecular weight is 330 g/mol. The van der Waals surface area contributed by atoms with Gasteiger partial charge >= 0.3 is 0 Å². The summed E-state index contributed by atoms with van der Waals surface area (Å²) in [5.74, 6) is 0. The summed E-state index contributed by atoms with van der Waals surface area (Å²) in [6.07, 6.45) is 1.60. The fourth-order valence-electron chi connectivity index (χ4n) is 2.31. The van der Waals surface area contributed by atoms with Crippen LogP contribution in [0.4, 0.5) is 5.69 Å². The number of benzene rings is 1. The van der Waals surface area contributed by atoms with E-state index in [4.69, 9.17) is 11.6 Å². The van der Waals surface area contributed by atoms with Gasteiger partial charge in [-0.15, -0.1) is 11.3 Å². The van der Waals surface area contributed by atoms with Gasteiger partial charge in [0.15, 0.2) is 0 Å². The van der Waals surface area contributed by atoms with Gasteiger partial charge in [0.2, 0.25) is 0 Å². The molecule has 0 unspecified atom stereocenters. The molecular formula is C16H10ClN2O2S. The SMILES string of the molecule is [CH2]c1c(-c2csc(Cl)c2)ccc([N+](=O)[O-])c1-c1ccccn1. The molecule has 4 nitrogen and oxygen atoms in total. The zero-order valence-corrected chi connectivity index (χ0v) is 12.9. The number of pyridine rings is 1. The molecule has 0 spiro atoms. The zero-order chi connectivity index (χ0) is 15.7. The van der Waals surface area contributed by atoms with E-state index in [1.807, 2.05) is 11.4 Å². The van der Waals surface area contributed by atoms with Crippen LogP contribution in [-0.4, -0.2) is 9.91 Å². The fourth-order valence-corrected chi connectivity index (χ4v) is 3.19. The van der Waals surface area contributed by atoms with Crippen LogP contribution in [0.3, 0.4) is 0 Å². The molecular weight excluding hydrogens is 320 g/mol. The first-order chi connectivity index (χ1) is 10.6. The predicted octanol–water partition coefficient (Wildman–Crippen LogP) is 5.22. The van der Waals surface area contributed by atoms with E-state index < -0.39 is 4.92 Å². The summed E-state index contributed by atoms with van der Waals surface area (Å²) in [5.41, 5.74) is 3.24. The summed E-state index contributed by atoms with van der Waals surface area (Å²) >= 11 is 7.39. The number of nitro benzene ring substituents is 1. The zero-order valence-electron chi connectivity index (χ0n) is 11.3. The molecule has 1 radical (unpaired) electrons. The highest BCUT2D eigenvalue weighted by Gasteiger charge is 2.21. The molecule has 3 rings (SSSR count). The van der Waals surface area contributed by atoms with Crippen molar-refractivity contribution in [2.75, 3.05) is 0 Å². The molecule has 0 N–H and O–H groups in total. The van der Waals surface area contributed by atoms with Gasteiger partial charge in [0.05, 0.1) is 20.5 Å². The Bertz CT molecular complexity index is 847. The Hall–Kier alpha value is -2.24. The minimum Gasteiger partial charge on any atom is -0.258 e. The second-order valence-corrected chi connectivity index (χ2v) is 6.14. The average Bonchev–Trinajstić information content (AvgIpc) is 2.94. The second kappa shape index (κ2) is 5.87. The van der Waals surface area contributed by atoms with Crippen molar-refractivity contribution in [3.8, 4) is 22.4 Å². The summed E-state index contributed by atoms with van der Waals surface area (Å²) < 4.78 is 0.659. The van der Waals surface area contributed by atoms with Crippen LogP contribution < -0.4 is 0 Å². The van der Waals surface area contributed by atoms with E-state index in [1.54, 1.807) is 30.5 Å². The minimum absolute atomic E-state index is 0.00576. The summed E-state index contributed by atoms with van der Waals surface area (Å²) in [4.78, 5) is 15.1. The van der Waals surface area contributed by atoms with Crippen molar-refractivity contribution in [2.45, 2.75) is 0 Å². The Kier molecular flexibility index (Phi) is 3.92. The van der Waals surface area contributed by atoms with E-state index in [-0.39, 0.29) is 5.69 Å². The van der Waals surface area contributed by atoms with Gasteiger partial charge in [-0.05, 0) is 47.9 Å². The van der Waals surface area contributed by atoms with Crippen LogP contribution in [0.1, 0.15) is 5.56 Å². The number of nitrogens with zero attached hydrogens (tertiary/aromatic N) is 2. The monoisotopic (exact) mass is 329 g/mol. The number of nitro groups is 1. The van der Waals surface area contributed by atoms with Crippen LogP contribution in [0.2, 0.25) is 4.34 Å². The van der Waals surface area contributed by atoms with Crippen molar-refractivity contribution in [3.63, 3.8) is 0 Å². The summed E-state index contributed by atoms with van der Waals surface area (Å²) in [6.45, 7) is 4.04. The van der Waals surface area contributed by atoms with E-state index in [0.29, 0.717) is 21.2 Å². The molecule has 109 valence electrons. The summed E-state index contributed by atoms with van der Waals surface area (Å²) in [6, 6.07) is 10.3. The molecule has 0 saturated carbocycles. The van der Waals surface area contributed by atoms with Crippen LogP contribution in [0.15, 0.2) is 48.0 Å². The first kappa shape index (κ1) is 14.7. The minimum atomic E-state index is -0.414. The van der Waals surface area contributed by atoms with Crippen molar-refractivity contribution >= 4 is 28.6 Å². The highest BCUT2D eigenvalue weighted by molar-refractivity contribution is 7.14. The predicted molar refractivity (Wildman–Crippen MR) is 89.1 cm³/mol. The maximum Gasteiger partial charge on any atom is 0.279 e. The summed E-state index contributed by atoms with van der Waals surface area (Å²) in [7, 11) is 0. The highest BCUT2D eigenvalue weighted by Crippen LogP contribution is 2.39. The van der Waals surface area contributed by atoms with Crippen LogP contribution in [-0.2, 0) is 0 Å². The van der Waals surface area contributed by atoms with Crippen LogP contribution in [0, 0.1) is 17.0 Å². The Morgan fingerprint density at radius 2 is 2.09 bits per heavy atom. The maximum absolute atomic E-state index is 11.3. The lowest BCUT2D eigenvalue weighted by molar-refractivity contribution is -0.384. The van der Waals surface area contributed by atoms with Gasteiger partial charge in [-0.2, -0.15) is 0 Å². The lowest BCUT2D eigenvalue weighted by Crippen LogP contribution is -1.97. The van der Waals surface area contributed by atoms with Gasteiger partial charge in [-0.25, -0.2) is 0 Å². The first-order valence-corrected chi connectivity index (χ1v) is 7.63. The highest BCUT2D eigenvalue weighted by atomic mass is 35.5. The number of hydrogen-bond acceptors (Lipinski definition) is 4. The molecule has 3 aromatic rings. The van der Waals surface area contributed by atoms with E-state index in [1.165, 1.54) is 17.4 Å². The molecule has 0 atom stereocenters. The van der Waals surface area contributed by atoms with E-state index >= 15 is 0 Å². The van der Waals surface area contributed by atoms with E-state index in [9.17, 15) is 10.1 Å². The van der Waals surface area contributed by atoms with Crippen molar-refractivity contribution in [2.24, 2.45) is 0 Å². The molecule has 22 heavy (non-hydrogen) atoms.